The Balaban J connectivity index is 0.000000226. The monoisotopic (exact) mass is 632 g/mol. The van der Waals surface area contributed by atoms with Crippen molar-refractivity contribution < 1.29 is 2.85 Å². The van der Waals surface area contributed by atoms with Crippen LogP contribution in [0.4, 0.5) is 0 Å². The first kappa shape index (κ1) is 33.5. The lowest BCUT2D eigenvalue weighted by Gasteiger charge is -2.31. The summed E-state index contributed by atoms with van der Waals surface area (Å²) in [5.41, 5.74) is 21.6. The molecule has 0 radical (unpaired) electrons. The van der Waals surface area contributed by atoms with E-state index in [-0.39, 0.29) is 2.85 Å². The van der Waals surface area contributed by atoms with E-state index in [4.69, 9.17) is 0 Å². The van der Waals surface area contributed by atoms with Gasteiger partial charge in [0.05, 0.1) is 0 Å². The number of aryl methyl sites for hydroxylation is 3. The van der Waals surface area contributed by atoms with Crippen LogP contribution in [0.15, 0.2) is 127 Å². The van der Waals surface area contributed by atoms with Crippen molar-refractivity contribution in [2.45, 2.75) is 97.3 Å². The minimum absolute atomic E-state index is 0. The third-order valence-electron chi connectivity index (χ3n) is 10.6. The molecule has 2 saturated carbocycles. The number of fused-ring (bicyclic) bond motifs is 4. The Labute approximate surface area is 293 Å². The molecule has 4 aromatic rings. The van der Waals surface area contributed by atoms with Crippen LogP contribution in [-0.2, 0) is 12.8 Å². The molecule has 7 rings (SSSR count). The summed E-state index contributed by atoms with van der Waals surface area (Å²) in [5, 5.41) is 0. The maximum absolute atomic E-state index is 3.93. The van der Waals surface area contributed by atoms with Gasteiger partial charge in [0.15, 0.2) is 0 Å². The Bertz CT molecular complexity index is 1880. The van der Waals surface area contributed by atoms with Gasteiger partial charge < -0.3 is 0 Å². The number of hydrogen-bond acceptors (Lipinski definition) is 0. The lowest BCUT2D eigenvalue weighted by Crippen LogP contribution is -2.13. The number of allylic oxidation sites excluding steroid dienone is 6. The summed E-state index contributed by atoms with van der Waals surface area (Å²) in [6.07, 6.45) is 20.2. The molecule has 1 atom stereocenters. The summed E-state index contributed by atoms with van der Waals surface area (Å²) in [5.74, 6) is 1.53. The highest BCUT2D eigenvalue weighted by molar-refractivity contribution is 5.74. The summed E-state index contributed by atoms with van der Waals surface area (Å²) in [6.45, 7) is 12.6. The first-order chi connectivity index (χ1) is 23.4. The van der Waals surface area contributed by atoms with E-state index < -0.39 is 0 Å². The van der Waals surface area contributed by atoms with Crippen molar-refractivity contribution in [1.29, 1.82) is 0 Å². The molecule has 0 amide bonds. The van der Waals surface area contributed by atoms with Crippen molar-refractivity contribution in [2.75, 3.05) is 0 Å². The average molecular weight is 633 g/mol. The molecule has 48 heavy (non-hydrogen) atoms. The second kappa shape index (κ2) is 15.7. The third-order valence-corrected chi connectivity index (χ3v) is 10.6. The smallest absolute Gasteiger partial charge is 0.00504 e. The van der Waals surface area contributed by atoms with Gasteiger partial charge in [-0.05, 0) is 158 Å². The molecule has 0 heterocycles. The quantitative estimate of drug-likeness (QED) is 0.127. The number of benzene rings is 4. The molecule has 248 valence electrons. The first-order valence-corrected chi connectivity index (χ1v) is 18.2. The van der Waals surface area contributed by atoms with E-state index >= 15 is 0 Å². The van der Waals surface area contributed by atoms with Gasteiger partial charge >= 0.3 is 0 Å². The van der Waals surface area contributed by atoms with E-state index in [0.717, 1.165) is 31.1 Å². The van der Waals surface area contributed by atoms with E-state index in [2.05, 4.69) is 149 Å². The number of rotatable bonds is 9. The normalized spacial score (nSPS) is 16.8. The molecule has 0 aromatic heterocycles. The minimum Gasteiger partial charge on any atom is -0.125 e. The fourth-order valence-corrected chi connectivity index (χ4v) is 7.43. The van der Waals surface area contributed by atoms with Gasteiger partial charge in [-0.2, -0.15) is 0 Å². The molecular weight excluding hydrogens is 577 g/mol. The summed E-state index contributed by atoms with van der Waals surface area (Å²) in [4.78, 5) is 0. The van der Waals surface area contributed by atoms with Gasteiger partial charge in [-0.15, -0.1) is 5.73 Å². The van der Waals surface area contributed by atoms with E-state index in [0.29, 0.717) is 0 Å². The van der Waals surface area contributed by atoms with Crippen LogP contribution in [0, 0.1) is 13.8 Å². The summed E-state index contributed by atoms with van der Waals surface area (Å²) in [6, 6.07) is 31.4. The molecule has 3 aliphatic rings. The maximum Gasteiger partial charge on any atom is 0.00504 e. The Morgan fingerprint density at radius 1 is 0.896 bits per heavy atom. The Hall–Kier alpha value is -4.38. The van der Waals surface area contributed by atoms with E-state index in [1.165, 1.54) is 99.7 Å². The van der Waals surface area contributed by atoms with Crippen LogP contribution in [0.25, 0.3) is 22.8 Å². The molecule has 0 N–H and O–H groups in total. The van der Waals surface area contributed by atoms with Crippen molar-refractivity contribution in [3.63, 3.8) is 0 Å². The molecule has 2 fully saturated rings. The van der Waals surface area contributed by atoms with E-state index in [1.54, 1.807) is 11.1 Å². The lowest BCUT2D eigenvalue weighted by atomic mass is 9.74. The van der Waals surface area contributed by atoms with E-state index in [9.17, 15) is 0 Å². The Morgan fingerprint density at radius 3 is 2.42 bits per heavy atom. The summed E-state index contributed by atoms with van der Waals surface area (Å²) >= 11 is 0. The molecule has 0 spiro atoms. The molecule has 0 nitrogen and oxygen atoms in total. The van der Waals surface area contributed by atoms with Crippen LogP contribution in [0.1, 0.15) is 118 Å². The zero-order valence-corrected chi connectivity index (χ0v) is 29.6. The lowest BCUT2D eigenvalue weighted by molar-refractivity contribution is 0.518. The van der Waals surface area contributed by atoms with Gasteiger partial charge in [-0.25, -0.2) is 0 Å². The molecule has 1 unspecified atom stereocenters. The van der Waals surface area contributed by atoms with Crippen LogP contribution in [0.3, 0.4) is 0 Å². The van der Waals surface area contributed by atoms with Crippen molar-refractivity contribution in [3.8, 4) is 11.1 Å². The van der Waals surface area contributed by atoms with Gasteiger partial charge in [0, 0.05) is 9.27 Å². The van der Waals surface area contributed by atoms with Crippen LogP contribution in [0.5, 0.6) is 0 Å². The predicted molar refractivity (Wildman–Crippen MR) is 213 cm³/mol. The molecule has 0 saturated heterocycles. The second-order valence-electron chi connectivity index (χ2n) is 14.2. The van der Waals surface area contributed by atoms with Gasteiger partial charge in [0.25, 0.3) is 0 Å². The van der Waals surface area contributed by atoms with Crippen molar-refractivity contribution in [1.82, 2.24) is 0 Å². The van der Waals surface area contributed by atoms with Crippen molar-refractivity contribution in [3.05, 3.63) is 171 Å². The van der Waals surface area contributed by atoms with E-state index in [1.807, 2.05) is 0 Å². The average Bonchev–Trinajstić information content (AvgIpc) is 3.97. The largest absolute Gasteiger partial charge is 0.125 e. The molecular formula is C48H56. The second-order valence-corrected chi connectivity index (χ2v) is 14.2. The zero-order valence-electron chi connectivity index (χ0n) is 29.6. The fraction of sp³-hybridized carbons (Fsp3) is 0.312. The van der Waals surface area contributed by atoms with Gasteiger partial charge in [-0.3, -0.25) is 0 Å². The van der Waals surface area contributed by atoms with Gasteiger partial charge in [-0.1, -0.05) is 121 Å². The molecule has 0 aliphatic heterocycles. The SMILES string of the molecule is C=C=C(/C=C/CCc1ccc(C)cc1)Cc1ccc(/C(C)=C\C)cc1C1CC1.Cc1cc2c(cc1-c1ccccc1)C=C1CCCC2C1.[HH].[HH]. The van der Waals surface area contributed by atoms with Crippen LogP contribution in [-0.4, -0.2) is 0 Å². The Kier molecular flexibility index (Phi) is 10.9. The number of hydrogen-bond donors (Lipinski definition) is 0. The van der Waals surface area contributed by atoms with Gasteiger partial charge in [0.1, 0.15) is 0 Å². The van der Waals surface area contributed by atoms with Crippen LogP contribution >= 0.6 is 0 Å². The minimum atomic E-state index is 0. The third kappa shape index (κ3) is 8.36. The zero-order chi connectivity index (χ0) is 33.5. The molecule has 3 aliphatic carbocycles. The Morgan fingerprint density at radius 2 is 1.69 bits per heavy atom. The topological polar surface area (TPSA) is 0 Å². The highest BCUT2D eigenvalue weighted by atomic mass is 14.3. The maximum atomic E-state index is 3.93. The first-order valence-electron chi connectivity index (χ1n) is 18.2. The van der Waals surface area contributed by atoms with Crippen molar-refractivity contribution >= 4 is 11.6 Å². The fourth-order valence-electron chi connectivity index (χ4n) is 7.43. The van der Waals surface area contributed by atoms with Gasteiger partial charge in [0.2, 0.25) is 0 Å². The van der Waals surface area contributed by atoms with Crippen LogP contribution in [0.2, 0.25) is 0 Å². The van der Waals surface area contributed by atoms with Crippen LogP contribution < -0.4 is 0 Å². The molecule has 4 aromatic carbocycles. The highest BCUT2D eigenvalue weighted by Crippen LogP contribution is 2.45. The summed E-state index contributed by atoms with van der Waals surface area (Å²) < 4.78 is 0. The molecule has 0 heteroatoms. The molecule has 2 bridgehead atoms. The highest BCUT2D eigenvalue weighted by Gasteiger charge is 2.27. The standard InChI is InChI=1S/C28H32.C20H20.2H2/c1-5-22(4)26-17-18-27(28(20-26)25-15-16-25)19-23(6-2)9-7-8-10-24-13-11-21(3)12-14-24;1-14-10-20-17-9-5-6-15(11-17)12-18(20)13-19(14)16-7-3-2-4-8-16;;/h5,7,9,11-14,17-18,20,25H,2,8,10,15-16,19H2,1,3-4H3;2-4,7-8,10,12-13,17H,5-6,9,11H2,1H3;2*1H/b9-7+,22-5-;;;. The van der Waals surface area contributed by atoms with Crippen molar-refractivity contribution in [2.24, 2.45) is 0 Å². The predicted octanol–water partition coefficient (Wildman–Crippen LogP) is 13.9. The summed E-state index contributed by atoms with van der Waals surface area (Å²) in [7, 11) is 0.